The first kappa shape index (κ1) is 22.0. The number of aryl methyl sites for hydroxylation is 1. The third-order valence-corrected chi connectivity index (χ3v) is 5.24. The number of para-hydroxylation sites is 2. The number of nitrogens with one attached hydrogen (secondary N) is 1. The zero-order valence-electron chi connectivity index (χ0n) is 17.9. The molecule has 3 aromatic carbocycles. The molecule has 1 aliphatic heterocycles. The molecule has 0 aliphatic carbocycles. The van der Waals surface area contributed by atoms with Crippen molar-refractivity contribution in [2.24, 2.45) is 0 Å². The summed E-state index contributed by atoms with van der Waals surface area (Å²) in [5.74, 6) is -1.39. The number of imide groups is 2. The zero-order chi connectivity index (χ0) is 23.4. The van der Waals surface area contributed by atoms with Gasteiger partial charge in [-0.3, -0.25) is 14.9 Å². The van der Waals surface area contributed by atoms with Crippen molar-refractivity contribution in [1.82, 2.24) is 5.32 Å². The van der Waals surface area contributed by atoms with Gasteiger partial charge >= 0.3 is 6.03 Å². The second-order valence-corrected chi connectivity index (χ2v) is 7.39. The summed E-state index contributed by atoms with van der Waals surface area (Å²) < 4.78 is 19.0. The summed E-state index contributed by atoms with van der Waals surface area (Å²) >= 11 is 0. The second kappa shape index (κ2) is 9.48. The molecule has 6 nitrogen and oxygen atoms in total. The maximum Gasteiger partial charge on any atom is 0.335 e. The molecule has 1 N–H and O–H groups in total. The SMILES string of the molecule is CCc1ccccc1N1C(=O)NC(=O)/C(=C/c2ccccc2OCc2ccc(F)cc2)C1=O. The van der Waals surface area contributed by atoms with Crippen LogP contribution in [0.4, 0.5) is 14.9 Å². The minimum Gasteiger partial charge on any atom is -0.488 e. The van der Waals surface area contributed by atoms with Gasteiger partial charge in [-0.1, -0.05) is 55.5 Å². The molecule has 0 spiro atoms. The van der Waals surface area contributed by atoms with Crippen LogP contribution in [0.15, 0.2) is 78.4 Å². The van der Waals surface area contributed by atoms with E-state index in [0.717, 1.165) is 16.0 Å². The largest absolute Gasteiger partial charge is 0.488 e. The molecule has 7 heteroatoms. The van der Waals surface area contributed by atoms with Crippen LogP contribution in [0.25, 0.3) is 6.08 Å². The van der Waals surface area contributed by atoms with Gasteiger partial charge in [-0.25, -0.2) is 14.1 Å². The van der Waals surface area contributed by atoms with Gasteiger partial charge in [-0.15, -0.1) is 0 Å². The van der Waals surface area contributed by atoms with Crippen LogP contribution in [0.2, 0.25) is 0 Å². The Morgan fingerprint density at radius 2 is 1.64 bits per heavy atom. The van der Waals surface area contributed by atoms with E-state index in [4.69, 9.17) is 4.74 Å². The number of anilines is 1. The van der Waals surface area contributed by atoms with Crippen molar-refractivity contribution in [2.45, 2.75) is 20.0 Å². The molecule has 4 rings (SSSR count). The predicted molar refractivity (Wildman–Crippen MR) is 122 cm³/mol. The van der Waals surface area contributed by atoms with E-state index in [9.17, 15) is 18.8 Å². The highest BCUT2D eigenvalue weighted by atomic mass is 19.1. The summed E-state index contributed by atoms with van der Waals surface area (Å²) in [7, 11) is 0. The van der Waals surface area contributed by atoms with Crippen LogP contribution < -0.4 is 15.0 Å². The molecular weight excluding hydrogens is 423 g/mol. The van der Waals surface area contributed by atoms with Gasteiger partial charge in [0.15, 0.2) is 0 Å². The molecule has 1 saturated heterocycles. The van der Waals surface area contributed by atoms with Crippen molar-refractivity contribution < 1.29 is 23.5 Å². The lowest BCUT2D eigenvalue weighted by molar-refractivity contribution is -0.122. The first-order valence-electron chi connectivity index (χ1n) is 10.4. The lowest BCUT2D eigenvalue weighted by atomic mass is 10.0. The van der Waals surface area contributed by atoms with E-state index < -0.39 is 17.8 Å². The molecule has 1 aliphatic rings. The number of urea groups is 1. The molecule has 33 heavy (non-hydrogen) atoms. The van der Waals surface area contributed by atoms with Gasteiger partial charge in [0.05, 0.1) is 5.69 Å². The summed E-state index contributed by atoms with van der Waals surface area (Å²) in [5, 5.41) is 2.25. The fraction of sp³-hybridized carbons (Fsp3) is 0.115. The van der Waals surface area contributed by atoms with Crippen LogP contribution in [0.5, 0.6) is 5.75 Å². The highest BCUT2D eigenvalue weighted by Crippen LogP contribution is 2.28. The summed E-state index contributed by atoms with van der Waals surface area (Å²) in [6.45, 7) is 2.09. The number of rotatable bonds is 6. The van der Waals surface area contributed by atoms with Crippen molar-refractivity contribution in [3.05, 3.63) is 101 Å². The number of barbiturate groups is 1. The molecule has 0 unspecified atom stereocenters. The van der Waals surface area contributed by atoms with E-state index in [-0.39, 0.29) is 18.0 Å². The van der Waals surface area contributed by atoms with Gasteiger partial charge in [0.25, 0.3) is 11.8 Å². The van der Waals surface area contributed by atoms with Crippen molar-refractivity contribution in [2.75, 3.05) is 4.90 Å². The molecule has 166 valence electrons. The average Bonchev–Trinajstić information content (AvgIpc) is 2.82. The molecule has 1 heterocycles. The highest BCUT2D eigenvalue weighted by Gasteiger charge is 2.37. The molecule has 0 aromatic heterocycles. The Morgan fingerprint density at radius 1 is 0.939 bits per heavy atom. The molecular formula is C26H21FN2O4. The predicted octanol–water partition coefficient (Wildman–Crippen LogP) is 4.63. The standard InChI is InChI=1S/C26H21FN2O4/c1-2-18-7-3-5-9-22(18)29-25(31)21(24(30)28-26(29)32)15-19-8-4-6-10-23(19)33-16-17-11-13-20(27)14-12-17/h3-15H,2,16H2,1H3,(H,28,30,32)/b21-15-. The van der Waals surface area contributed by atoms with Crippen LogP contribution in [-0.2, 0) is 22.6 Å². The molecule has 0 atom stereocenters. The fourth-order valence-electron chi connectivity index (χ4n) is 3.53. The van der Waals surface area contributed by atoms with E-state index in [1.807, 2.05) is 19.1 Å². The quantitative estimate of drug-likeness (QED) is 0.444. The first-order chi connectivity index (χ1) is 16.0. The van der Waals surface area contributed by atoms with E-state index >= 15 is 0 Å². The molecule has 0 saturated carbocycles. The topological polar surface area (TPSA) is 75.7 Å². The van der Waals surface area contributed by atoms with E-state index in [1.165, 1.54) is 18.2 Å². The number of amides is 4. The van der Waals surface area contributed by atoms with Gasteiger partial charge in [-0.2, -0.15) is 0 Å². The number of ether oxygens (including phenoxy) is 1. The number of nitrogens with zero attached hydrogens (tertiary/aromatic N) is 1. The van der Waals surface area contributed by atoms with Crippen LogP contribution in [0.3, 0.4) is 0 Å². The maximum atomic E-state index is 13.2. The van der Waals surface area contributed by atoms with Crippen molar-refractivity contribution in [3.63, 3.8) is 0 Å². The Kier molecular flexibility index (Phi) is 6.31. The Hall–Kier alpha value is -4.26. The van der Waals surface area contributed by atoms with Crippen molar-refractivity contribution in [3.8, 4) is 5.75 Å². The van der Waals surface area contributed by atoms with Crippen molar-refractivity contribution in [1.29, 1.82) is 0 Å². The summed E-state index contributed by atoms with van der Waals surface area (Å²) in [6.07, 6.45) is 2.02. The normalized spacial score (nSPS) is 15.0. The van der Waals surface area contributed by atoms with E-state index in [0.29, 0.717) is 23.4 Å². The Labute approximate surface area is 190 Å². The van der Waals surface area contributed by atoms with E-state index in [1.54, 1.807) is 48.5 Å². The van der Waals surface area contributed by atoms with Crippen LogP contribution in [-0.4, -0.2) is 17.8 Å². The minimum atomic E-state index is -0.788. The first-order valence-corrected chi connectivity index (χ1v) is 10.4. The number of hydrogen-bond acceptors (Lipinski definition) is 4. The van der Waals surface area contributed by atoms with Crippen molar-refractivity contribution >= 4 is 29.6 Å². The monoisotopic (exact) mass is 444 g/mol. The number of carbonyl (C=O) groups excluding carboxylic acids is 3. The molecule has 0 radical (unpaired) electrons. The zero-order valence-corrected chi connectivity index (χ0v) is 17.9. The number of hydrogen-bond donors (Lipinski definition) is 1. The van der Waals surface area contributed by atoms with E-state index in [2.05, 4.69) is 5.32 Å². The Bertz CT molecular complexity index is 1250. The smallest absolute Gasteiger partial charge is 0.335 e. The van der Waals surface area contributed by atoms with Gasteiger partial charge in [0, 0.05) is 5.56 Å². The maximum absolute atomic E-state index is 13.2. The summed E-state index contributed by atoms with van der Waals surface area (Å²) in [5.41, 5.74) is 2.31. The number of benzene rings is 3. The Balaban J connectivity index is 1.65. The third-order valence-electron chi connectivity index (χ3n) is 5.24. The molecule has 1 fully saturated rings. The lowest BCUT2D eigenvalue weighted by Crippen LogP contribution is -2.54. The fourth-order valence-corrected chi connectivity index (χ4v) is 3.53. The average molecular weight is 444 g/mol. The second-order valence-electron chi connectivity index (χ2n) is 7.39. The van der Waals surface area contributed by atoms with Crippen LogP contribution in [0.1, 0.15) is 23.6 Å². The Morgan fingerprint density at radius 3 is 2.39 bits per heavy atom. The number of carbonyl (C=O) groups is 3. The highest BCUT2D eigenvalue weighted by molar-refractivity contribution is 6.39. The van der Waals surface area contributed by atoms with Gasteiger partial charge in [0.2, 0.25) is 0 Å². The van der Waals surface area contributed by atoms with Crippen LogP contribution >= 0.6 is 0 Å². The minimum absolute atomic E-state index is 0.176. The molecule has 0 bridgehead atoms. The third kappa shape index (κ3) is 4.67. The summed E-state index contributed by atoms with van der Waals surface area (Å²) in [4.78, 5) is 39.3. The molecule has 3 aromatic rings. The lowest BCUT2D eigenvalue weighted by Gasteiger charge is -2.28. The van der Waals surface area contributed by atoms with Gasteiger partial charge in [-0.05, 0) is 47.9 Å². The van der Waals surface area contributed by atoms with Gasteiger partial charge in [0.1, 0.15) is 23.7 Å². The van der Waals surface area contributed by atoms with Crippen LogP contribution in [0, 0.1) is 5.82 Å². The summed E-state index contributed by atoms with van der Waals surface area (Å²) in [6, 6.07) is 19.1. The number of halogens is 1. The molecule has 4 amide bonds. The van der Waals surface area contributed by atoms with Gasteiger partial charge < -0.3 is 4.74 Å².